The number of hydrazone groups is 1. The van der Waals surface area contributed by atoms with Gasteiger partial charge in [-0.25, -0.2) is 4.98 Å². The average molecular weight is 266 g/mol. The number of rotatable bonds is 3. The summed E-state index contributed by atoms with van der Waals surface area (Å²) in [4.78, 5) is 5.52. The van der Waals surface area contributed by atoms with E-state index in [1.54, 1.807) is 17.6 Å². The van der Waals surface area contributed by atoms with Crippen LogP contribution >= 0.6 is 22.9 Å². The Morgan fingerprint density at radius 3 is 2.76 bits per heavy atom. The second kappa shape index (κ2) is 5.29. The number of thiazole rings is 1. The fraction of sp³-hybridized carbons (Fsp3) is 0.167. The third-order valence-corrected chi connectivity index (χ3v) is 3.62. The highest BCUT2D eigenvalue weighted by Crippen LogP contribution is 2.21. The largest absolute Gasteiger partial charge is 0.253 e. The van der Waals surface area contributed by atoms with Gasteiger partial charge in [-0.2, -0.15) is 5.10 Å². The molecule has 2 rings (SSSR count). The van der Waals surface area contributed by atoms with E-state index in [1.165, 1.54) is 4.88 Å². The van der Waals surface area contributed by atoms with Crippen LogP contribution in [0, 0.1) is 13.8 Å². The maximum absolute atomic E-state index is 6.00. The Hall–Kier alpha value is -1.39. The van der Waals surface area contributed by atoms with Gasteiger partial charge in [-0.3, -0.25) is 5.43 Å². The summed E-state index contributed by atoms with van der Waals surface area (Å²) in [5.41, 5.74) is 4.81. The molecule has 0 fully saturated rings. The zero-order chi connectivity index (χ0) is 12.3. The number of halogens is 1. The van der Waals surface area contributed by atoms with Gasteiger partial charge in [0.2, 0.25) is 5.13 Å². The summed E-state index contributed by atoms with van der Waals surface area (Å²) in [6, 6.07) is 7.55. The monoisotopic (exact) mass is 265 g/mol. The van der Waals surface area contributed by atoms with Crippen LogP contribution in [0.3, 0.4) is 0 Å². The third-order valence-electron chi connectivity index (χ3n) is 2.30. The first-order valence-electron chi connectivity index (χ1n) is 5.14. The molecule has 1 N–H and O–H groups in total. The van der Waals surface area contributed by atoms with Crippen LogP contribution in [0.15, 0.2) is 29.4 Å². The Bertz CT molecular complexity index is 529. The van der Waals surface area contributed by atoms with Crippen LogP contribution in [0.1, 0.15) is 16.1 Å². The fourth-order valence-electron chi connectivity index (χ4n) is 1.26. The van der Waals surface area contributed by atoms with Crippen molar-refractivity contribution in [2.45, 2.75) is 13.8 Å². The summed E-state index contributed by atoms with van der Waals surface area (Å²) in [7, 11) is 0. The van der Waals surface area contributed by atoms with Gasteiger partial charge in [0.25, 0.3) is 0 Å². The van der Waals surface area contributed by atoms with Gasteiger partial charge in [-0.05, 0) is 19.9 Å². The van der Waals surface area contributed by atoms with Crippen LogP contribution in [0.25, 0.3) is 0 Å². The van der Waals surface area contributed by atoms with E-state index < -0.39 is 0 Å². The molecule has 0 radical (unpaired) electrons. The third kappa shape index (κ3) is 3.05. The molecule has 0 amide bonds. The first-order valence-corrected chi connectivity index (χ1v) is 6.34. The molecular formula is C12H12ClN3S. The Balaban J connectivity index is 2.05. The van der Waals surface area contributed by atoms with Crippen LogP contribution in [-0.4, -0.2) is 11.2 Å². The SMILES string of the molecule is Cc1nc(N/N=C\c2ccccc2Cl)sc1C. The van der Waals surface area contributed by atoms with Gasteiger partial charge >= 0.3 is 0 Å². The molecule has 1 aromatic heterocycles. The predicted molar refractivity (Wildman–Crippen MR) is 74.3 cm³/mol. The summed E-state index contributed by atoms with van der Waals surface area (Å²) >= 11 is 7.59. The number of aromatic nitrogens is 1. The van der Waals surface area contributed by atoms with Crippen molar-refractivity contribution in [2.24, 2.45) is 5.10 Å². The second-order valence-corrected chi connectivity index (χ2v) is 5.16. The molecule has 0 aliphatic rings. The van der Waals surface area contributed by atoms with Crippen molar-refractivity contribution < 1.29 is 0 Å². The van der Waals surface area contributed by atoms with E-state index in [0.717, 1.165) is 16.4 Å². The van der Waals surface area contributed by atoms with Crippen LogP contribution in [0.4, 0.5) is 5.13 Å². The Morgan fingerprint density at radius 1 is 1.35 bits per heavy atom. The molecule has 0 unspecified atom stereocenters. The van der Waals surface area contributed by atoms with Gasteiger partial charge in [-0.15, -0.1) is 11.3 Å². The lowest BCUT2D eigenvalue weighted by molar-refractivity contribution is 1.20. The lowest BCUT2D eigenvalue weighted by atomic mass is 10.2. The highest BCUT2D eigenvalue weighted by molar-refractivity contribution is 7.15. The number of benzene rings is 1. The molecule has 3 nitrogen and oxygen atoms in total. The number of anilines is 1. The molecular weight excluding hydrogens is 254 g/mol. The minimum absolute atomic E-state index is 0.685. The first kappa shape index (κ1) is 12.1. The Labute approximate surface area is 109 Å². The molecule has 1 aromatic carbocycles. The average Bonchev–Trinajstić information content (AvgIpc) is 2.61. The molecule has 0 aliphatic heterocycles. The molecule has 1 heterocycles. The van der Waals surface area contributed by atoms with Crippen molar-refractivity contribution in [3.05, 3.63) is 45.4 Å². The van der Waals surface area contributed by atoms with Crippen LogP contribution < -0.4 is 5.43 Å². The quantitative estimate of drug-likeness (QED) is 0.676. The number of hydrogen-bond donors (Lipinski definition) is 1. The molecule has 5 heteroatoms. The standard InChI is InChI=1S/C12H12ClN3S/c1-8-9(2)17-12(15-8)16-14-7-10-5-3-4-6-11(10)13/h3-7H,1-2H3,(H,15,16)/b14-7-. The zero-order valence-corrected chi connectivity index (χ0v) is 11.1. The minimum Gasteiger partial charge on any atom is -0.253 e. The van der Waals surface area contributed by atoms with Crippen molar-refractivity contribution in [1.29, 1.82) is 0 Å². The Kier molecular flexibility index (Phi) is 3.76. The number of nitrogens with zero attached hydrogens (tertiary/aromatic N) is 2. The lowest BCUT2D eigenvalue weighted by Crippen LogP contribution is -1.90. The Morgan fingerprint density at radius 2 is 2.12 bits per heavy atom. The molecule has 0 spiro atoms. The molecule has 0 atom stereocenters. The molecule has 0 aliphatic carbocycles. The maximum Gasteiger partial charge on any atom is 0.203 e. The molecule has 88 valence electrons. The summed E-state index contributed by atoms with van der Waals surface area (Å²) in [5, 5.41) is 5.60. The minimum atomic E-state index is 0.685. The van der Waals surface area contributed by atoms with Crippen molar-refractivity contribution in [3.63, 3.8) is 0 Å². The molecule has 17 heavy (non-hydrogen) atoms. The summed E-state index contributed by atoms with van der Waals surface area (Å²) < 4.78 is 0. The van der Waals surface area contributed by atoms with Crippen molar-refractivity contribution in [1.82, 2.24) is 4.98 Å². The van der Waals surface area contributed by atoms with E-state index in [4.69, 9.17) is 11.6 Å². The van der Waals surface area contributed by atoms with Crippen molar-refractivity contribution in [3.8, 4) is 0 Å². The summed E-state index contributed by atoms with van der Waals surface area (Å²) in [5.74, 6) is 0. The molecule has 2 aromatic rings. The first-order chi connectivity index (χ1) is 8.16. The summed E-state index contributed by atoms with van der Waals surface area (Å²) in [6.45, 7) is 4.02. The second-order valence-electron chi connectivity index (χ2n) is 3.55. The van der Waals surface area contributed by atoms with E-state index in [2.05, 4.69) is 15.5 Å². The maximum atomic E-state index is 6.00. The van der Waals surface area contributed by atoms with E-state index in [0.29, 0.717) is 5.02 Å². The van der Waals surface area contributed by atoms with Crippen LogP contribution in [-0.2, 0) is 0 Å². The highest BCUT2D eigenvalue weighted by Gasteiger charge is 2.01. The number of hydrogen-bond acceptors (Lipinski definition) is 4. The van der Waals surface area contributed by atoms with Gasteiger partial charge < -0.3 is 0 Å². The highest BCUT2D eigenvalue weighted by atomic mass is 35.5. The normalized spacial score (nSPS) is 11.0. The van der Waals surface area contributed by atoms with E-state index in [-0.39, 0.29) is 0 Å². The smallest absolute Gasteiger partial charge is 0.203 e. The predicted octanol–water partition coefficient (Wildman–Crippen LogP) is 3.86. The van der Waals surface area contributed by atoms with E-state index >= 15 is 0 Å². The number of nitrogens with one attached hydrogen (secondary N) is 1. The van der Waals surface area contributed by atoms with Gasteiger partial charge in [0, 0.05) is 15.5 Å². The fourth-order valence-corrected chi connectivity index (χ4v) is 2.21. The van der Waals surface area contributed by atoms with Crippen LogP contribution in [0.2, 0.25) is 5.02 Å². The zero-order valence-electron chi connectivity index (χ0n) is 9.57. The van der Waals surface area contributed by atoms with Gasteiger partial charge in [0.1, 0.15) is 0 Å². The molecule has 0 saturated heterocycles. The summed E-state index contributed by atoms with van der Waals surface area (Å²) in [6.07, 6.45) is 1.69. The van der Waals surface area contributed by atoms with Crippen LogP contribution in [0.5, 0.6) is 0 Å². The number of aryl methyl sites for hydroxylation is 2. The van der Waals surface area contributed by atoms with Gasteiger partial charge in [0.15, 0.2) is 0 Å². The van der Waals surface area contributed by atoms with Crippen molar-refractivity contribution >= 4 is 34.3 Å². The van der Waals surface area contributed by atoms with Gasteiger partial charge in [-0.1, -0.05) is 29.8 Å². The lowest BCUT2D eigenvalue weighted by Gasteiger charge is -1.96. The topological polar surface area (TPSA) is 37.3 Å². The van der Waals surface area contributed by atoms with E-state index in [1.807, 2.05) is 38.1 Å². The molecule has 0 saturated carbocycles. The van der Waals surface area contributed by atoms with Gasteiger partial charge in [0.05, 0.1) is 11.9 Å². The van der Waals surface area contributed by atoms with E-state index in [9.17, 15) is 0 Å². The molecule has 0 bridgehead atoms. The van der Waals surface area contributed by atoms with Crippen molar-refractivity contribution in [2.75, 3.05) is 5.43 Å².